The number of imide groups is 1. The second kappa shape index (κ2) is 9.24. The molecule has 4 rings (SSSR count). The van der Waals surface area contributed by atoms with Crippen molar-refractivity contribution in [3.8, 4) is 5.75 Å². The molecule has 1 heterocycles. The molecule has 1 aliphatic rings. The van der Waals surface area contributed by atoms with E-state index in [1.54, 1.807) is 48.5 Å². The molecule has 3 aromatic rings. The van der Waals surface area contributed by atoms with Crippen LogP contribution in [0.15, 0.2) is 78.5 Å². The molecule has 0 radical (unpaired) electrons. The number of halogens is 2. The van der Waals surface area contributed by atoms with Crippen LogP contribution in [0.2, 0.25) is 5.02 Å². The first-order valence-corrected chi connectivity index (χ1v) is 10.5. The molecule has 0 spiro atoms. The summed E-state index contributed by atoms with van der Waals surface area (Å²) in [4.78, 5) is 27.7. The Morgan fingerprint density at radius 2 is 1.62 bits per heavy atom. The van der Waals surface area contributed by atoms with Gasteiger partial charge in [-0.15, -0.1) is 0 Å². The van der Waals surface area contributed by atoms with E-state index in [0.717, 1.165) is 4.90 Å². The molecule has 32 heavy (non-hydrogen) atoms. The predicted octanol–water partition coefficient (Wildman–Crippen LogP) is 5.27. The smallest absolute Gasteiger partial charge is 0.278 e. The van der Waals surface area contributed by atoms with E-state index in [2.05, 4.69) is 5.32 Å². The second-order valence-corrected chi connectivity index (χ2v) is 7.53. The number of nitrogens with zero attached hydrogens (tertiary/aromatic N) is 1. The summed E-state index contributed by atoms with van der Waals surface area (Å²) in [6.07, 6.45) is 0. The molecule has 0 aromatic heterocycles. The molecule has 162 valence electrons. The molecule has 0 saturated heterocycles. The molecule has 5 nitrogen and oxygen atoms in total. The zero-order chi connectivity index (χ0) is 22.7. The van der Waals surface area contributed by atoms with Crippen LogP contribution in [0.5, 0.6) is 5.75 Å². The van der Waals surface area contributed by atoms with Gasteiger partial charge in [0.1, 0.15) is 17.3 Å². The lowest BCUT2D eigenvalue weighted by atomic mass is 10.0. The van der Waals surface area contributed by atoms with Gasteiger partial charge in [-0.3, -0.25) is 14.5 Å². The number of carbonyl (C=O) groups is 2. The van der Waals surface area contributed by atoms with E-state index in [0.29, 0.717) is 34.2 Å². The Balaban J connectivity index is 1.70. The summed E-state index contributed by atoms with van der Waals surface area (Å²) in [7, 11) is 0. The number of ether oxygens (including phenoxy) is 1. The maximum Gasteiger partial charge on any atom is 0.278 e. The molecule has 0 fully saturated rings. The third-order valence-electron chi connectivity index (χ3n) is 5.02. The minimum absolute atomic E-state index is 0.0243. The highest BCUT2D eigenvalue weighted by Crippen LogP contribution is 2.32. The number of hydrogen-bond acceptors (Lipinski definition) is 4. The summed E-state index contributed by atoms with van der Waals surface area (Å²) < 4.78 is 18.9. The number of anilines is 1. The van der Waals surface area contributed by atoms with Gasteiger partial charge in [-0.05, 0) is 60.5 Å². The predicted molar refractivity (Wildman–Crippen MR) is 122 cm³/mol. The fourth-order valence-corrected chi connectivity index (χ4v) is 3.66. The molecule has 0 bridgehead atoms. The highest BCUT2D eigenvalue weighted by Gasteiger charge is 2.39. The lowest BCUT2D eigenvalue weighted by molar-refractivity contribution is -0.137. The van der Waals surface area contributed by atoms with Crippen molar-refractivity contribution in [3.05, 3.63) is 100 Å². The molecule has 2 amide bonds. The van der Waals surface area contributed by atoms with E-state index < -0.39 is 17.6 Å². The molecular formula is C25H20ClFN2O3. The molecule has 7 heteroatoms. The van der Waals surface area contributed by atoms with Crippen molar-refractivity contribution in [2.75, 3.05) is 11.9 Å². The Kier molecular flexibility index (Phi) is 6.23. The minimum atomic E-state index is -0.483. The lowest BCUT2D eigenvalue weighted by Gasteiger charge is -2.16. The minimum Gasteiger partial charge on any atom is -0.494 e. The SMILES string of the molecule is CCOc1ccc(NC2=C(c3ccc(F)cc3)C(=O)N(Cc3ccccc3Cl)C2=O)cc1. The van der Waals surface area contributed by atoms with E-state index in [4.69, 9.17) is 16.3 Å². The van der Waals surface area contributed by atoms with Crippen molar-refractivity contribution >= 4 is 34.7 Å². The standard InChI is InChI=1S/C25H20ClFN2O3/c1-2-32-20-13-11-19(12-14-20)28-23-22(16-7-9-18(27)10-8-16)24(30)29(25(23)31)15-17-5-3-4-6-21(17)26/h3-14,28H,2,15H2,1H3. The fraction of sp³-hybridized carbons (Fsp3) is 0.120. The number of hydrogen-bond donors (Lipinski definition) is 1. The van der Waals surface area contributed by atoms with Crippen LogP contribution in [-0.4, -0.2) is 23.3 Å². The first-order valence-electron chi connectivity index (χ1n) is 10.1. The third-order valence-corrected chi connectivity index (χ3v) is 5.39. The van der Waals surface area contributed by atoms with Crippen molar-refractivity contribution in [2.24, 2.45) is 0 Å². The van der Waals surface area contributed by atoms with Gasteiger partial charge < -0.3 is 10.1 Å². The number of amides is 2. The number of rotatable bonds is 7. The van der Waals surface area contributed by atoms with E-state index in [1.807, 2.05) is 6.92 Å². The lowest BCUT2D eigenvalue weighted by Crippen LogP contribution is -2.32. The van der Waals surface area contributed by atoms with Gasteiger partial charge in [0.25, 0.3) is 11.8 Å². The van der Waals surface area contributed by atoms with Crippen LogP contribution in [0.1, 0.15) is 18.1 Å². The van der Waals surface area contributed by atoms with Gasteiger partial charge in [0.05, 0.1) is 18.7 Å². The van der Waals surface area contributed by atoms with Gasteiger partial charge in [-0.25, -0.2) is 4.39 Å². The zero-order valence-corrected chi connectivity index (χ0v) is 18.0. The molecule has 0 unspecified atom stereocenters. The van der Waals surface area contributed by atoms with Crippen LogP contribution in [0, 0.1) is 5.82 Å². The van der Waals surface area contributed by atoms with Gasteiger partial charge in [-0.2, -0.15) is 0 Å². The van der Waals surface area contributed by atoms with Crippen LogP contribution in [-0.2, 0) is 16.1 Å². The Morgan fingerprint density at radius 1 is 0.938 bits per heavy atom. The fourth-order valence-electron chi connectivity index (χ4n) is 3.46. The zero-order valence-electron chi connectivity index (χ0n) is 17.3. The van der Waals surface area contributed by atoms with Gasteiger partial charge in [0.2, 0.25) is 0 Å². The molecule has 0 aliphatic carbocycles. The molecule has 0 atom stereocenters. The Bertz CT molecular complexity index is 1190. The van der Waals surface area contributed by atoms with Gasteiger partial charge in [0, 0.05) is 10.7 Å². The molecular weight excluding hydrogens is 431 g/mol. The first-order chi connectivity index (χ1) is 15.5. The summed E-state index contributed by atoms with van der Waals surface area (Å²) in [5.74, 6) is -0.696. The van der Waals surface area contributed by atoms with Crippen LogP contribution in [0.25, 0.3) is 5.57 Å². The summed E-state index contributed by atoms with van der Waals surface area (Å²) in [6, 6.07) is 19.6. The van der Waals surface area contributed by atoms with Gasteiger partial charge in [0.15, 0.2) is 0 Å². The number of carbonyl (C=O) groups excluding carboxylic acids is 2. The monoisotopic (exact) mass is 450 g/mol. The second-order valence-electron chi connectivity index (χ2n) is 7.13. The number of nitrogens with one attached hydrogen (secondary N) is 1. The summed E-state index contributed by atoms with van der Waals surface area (Å²) >= 11 is 6.24. The van der Waals surface area contributed by atoms with E-state index in [1.165, 1.54) is 24.3 Å². The third kappa shape index (κ3) is 4.36. The van der Waals surface area contributed by atoms with Crippen LogP contribution >= 0.6 is 11.6 Å². The summed E-state index contributed by atoms with van der Waals surface area (Å²) in [5, 5.41) is 3.53. The maximum absolute atomic E-state index is 13.5. The molecule has 3 aromatic carbocycles. The van der Waals surface area contributed by atoms with Gasteiger partial charge in [-0.1, -0.05) is 41.9 Å². The van der Waals surface area contributed by atoms with Crippen LogP contribution < -0.4 is 10.1 Å². The molecule has 1 N–H and O–H groups in total. The van der Waals surface area contributed by atoms with Crippen LogP contribution in [0.3, 0.4) is 0 Å². The van der Waals surface area contributed by atoms with Crippen molar-refractivity contribution in [2.45, 2.75) is 13.5 Å². The topological polar surface area (TPSA) is 58.6 Å². The van der Waals surface area contributed by atoms with Crippen LogP contribution in [0.4, 0.5) is 10.1 Å². The Hall–Kier alpha value is -3.64. The normalized spacial score (nSPS) is 13.7. The maximum atomic E-state index is 13.5. The van der Waals surface area contributed by atoms with Gasteiger partial charge >= 0.3 is 0 Å². The molecule has 1 aliphatic heterocycles. The van der Waals surface area contributed by atoms with E-state index >= 15 is 0 Å². The summed E-state index contributed by atoms with van der Waals surface area (Å²) in [6.45, 7) is 2.45. The van der Waals surface area contributed by atoms with Crippen molar-refractivity contribution in [1.29, 1.82) is 0 Å². The first kappa shape index (κ1) is 21.6. The van der Waals surface area contributed by atoms with Crippen molar-refractivity contribution in [3.63, 3.8) is 0 Å². The Labute approximate surface area is 190 Å². The average Bonchev–Trinajstić information content (AvgIpc) is 3.01. The highest BCUT2D eigenvalue weighted by atomic mass is 35.5. The Morgan fingerprint density at radius 3 is 2.28 bits per heavy atom. The van der Waals surface area contributed by atoms with E-state index in [9.17, 15) is 14.0 Å². The highest BCUT2D eigenvalue weighted by molar-refractivity contribution is 6.36. The van der Waals surface area contributed by atoms with Crippen molar-refractivity contribution < 1.29 is 18.7 Å². The van der Waals surface area contributed by atoms with Crippen molar-refractivity contribution in [1.82, 2.24) is 4.90 Å². The summed E-state index contributed by atoms with van der Waals surface area (Å²) in [5.41, 5.74) is 2.01. The quantitative estimate of drug-likeness (QED) is 0.498. The van der Waals surface area contributed by atoms with E-state index in [-0.39, 0.29) is 17.8 Å². The molecule has 0 saturated carbocycles. The average molecular weight is 451 g/mol. The number of benzene rings is 3. The largest absolute Gasteiger partial charge is 0.494 e.